The zero-order valence-corrected chi connectivity index (χ0v) is 12.7. The predicted molar refractivity (Wildman–Crippen MR) is 81.7 cm³/mol. The summed E-state index contributed by atoms with van der Waals surface area (Å²) < 4.78 is 5.30. The Labute approximate surface area is 125 Å². The third-order valence-electron chi connectivity index (χ3n) is 3.58. The van der Waals surface area contributed by atoms with Gasteiger partial charge in [-0.15, -0.1) is 0 Å². The molecule has 116 valence electrons. The van der Waals surface area contributed by atoms with Crippen molar-refractivity contribution in [2.24, 2.45) is 0 Å². The lowest BCUT2D eigenvalue weighted by molar-refractivity contribution is -0.131. The van der Waals surface area contributed by atoms with E-state index in [-0.39, 0.29) is 5.91 Å². The summed E-state index contributed by atoms with van der Waals surface area (Å²) in [5.41, 5.74) is 0. The Hall–Kier alpha value is -2.05. The van der Waals surface area contributed by atoms with Crippen LogP contribution in [0.1, 0.15) is 25.7 Å². The van der Waals surface area contributed by atoms with Gasteiger partial charge < -0.3 is 20.3 Å². The molecule has 2 heterocycles. The largest absolute Gasteiger partial charge is 0.490 e. The fraction of sp³-hybridized carbons (Fsp3) is 0.643. The lowest BCUT2D eigenvalue weighted by atomic mass is 10.1. The molecule has 7 nitrogen and oxygen atoms in total. The van der Waals surface area contributed by atoms with Crippen LogP contribution in [0.15, 0.2) is 6.33 Å². The molecular weight excluding hydrogens is 270 g/mol. The second-order valence-corrected chi connectivity index (χ2v) is 4.97. The molecule has 2 rings (SSSR count). The summed E-state index contributed by atoms with van der Waals surface area (Å²) in [6.07, 6.45) is 5.38. The van der Waals surface area contributed by atoms with Gasteiger partial charge >= 0.3 is 0 Å². The van der Waals surface area contributed by atoms with Crippen molar-refractivity contribution in [2.75, 3.05) is 44.4 Å². The van der Waals surface area contributed by atoms with E-state index in [4.69, 9.17) is 4.74 Å². The molecule has 0 aromatic carbocycles. The standard InChI is InChI=1S/C14H23N5O2/c1-15-13-12(21-2)14(18-10-17-13)16-7-6-11(20)19-8-4-3-5-9-19/h10H,3-9H2,1-2H3,(H2,15,16,17,18). The highest BCUT2D eigenvalue weighted by atomic mass is 16.5. The summed E-state index contributed by atoms with van der Waals surface area (Å²) in [6, 6.07) is 0. The number of rotatable bonds is 6. The summed E-state index contributed by atoms with van der Waals surface area (Å²) >= 11 is 0. The minimum absolute atomic E-state index is 0.198. The van der Waals surface area contributed by atoms with Crippen molar-refractivity contribution >= 4 is 17.5 Å². The molecule has 21 heavy (non-hydrogen) atoms. The molecule has 7 heteroatoms. The minimum Gasteiger partial charge on any atom is -0.490 e. The van der Waals surface area contributed by atoms with Gasteiger partial charge in [-0.3, -0.25) is 4.79 Å². The Morgan fingerprint density at radius 1 is 1.29 bits per heavy atom. The van der Waals surface area contributed by atoms with Crippen molar-refractivity contribution in [3.63, 3.8) is 0 Å². The third kappa shape index (κ3) is 3.96. The number of amides is 1. The molecule has 1 fully saturated rings. The van der Waals surface area contributed by atoms with Gasteiger partial charge in [0.15, 0.2) is 11.6 Å². The van der Waals surface area contributed by atoms with Gasteiger partial charge in [0, 0.05) is 33.1 Å². The predicted octanol–water partition coefficient (Wildman–Crippen LogP) is 1.34. The smallest absolute Gasteiger partial charge is 0.224 e. The molecule has 0 bridgehead atoms. The van der Waals surface area contributed by atoms with Gasteiger partial charge in [-0.1, -0.05) is 0 Å². The molecule has 0 radical (unpaired) electrons. The van der Waals surface area contributed by atoms with Crippen LogP contribution in [0.5, 0.6) is 5.75 Å². The van der Waals surface area contributed by atoms with Crippen molar-refractivity contribution in [1.82, 2.24) is 14.9 Å². The minimum atomic E-state index is 0.198. The maximum atomic E-state index is 12.1. The molecular formula is C14H23N5O2. The number of carbonyl (C=O) groups is 1. The van der Waals surface area contributed by atoms with E-state index in [1.165, 1.54) is 12.7 Å². The summed E-state index contributed by atoms with van der Waals surface area (Å²) in [6.45, 7) is 2.31. The maximum absolute atomic E-state index is 12.1. The van der Waals surface area contributed by atoms with Crippen LogP contribution in [0.25, 0.3) is 0 Å². The molecule has 1 aliphatic heterocycles. The fourth-order valence-electron chi connectivity index (χ4n) is 2.46. The van der Waals surface area contributed by atoms with E-state index in [0.717, 1.165) is 25.9 Å². The Morgan fingerprint density at radius 3 is 2.67 bits per heavy atom. The molecule has 0 saturated carbocycles. The summed E-state index contributed by atoms with van der Waals surface area (Å²) in [5.74, 6) is 1.98. The summed E-state index contributed by atoms with van der Waals surface area (Å²) in [4.78, 5) is 22.3. The number of hydrogen-bond acceptors (Lipinski definition) is 6. The normalized spacial score (nSPS) is 14.7. The van der Waals surface area contributed by atoms with E-state index >= 15 is 0 Å². The second-order valence-electron chi connectivity index (χ2n) is 4.97. The SMILES string of the molecule is CNc1ncnc(NCCC(=O)N2CCCCC2)c1OC. The number of piperidine rings is 1. The number of likely N-dealkylation sites (tertiary alicyclic amines) is 1. The highest BCUT2D eigenvalue weighted by molar-refractivity contribution is 5.77. The number of ether oxygens (including phenoxy) is 1. The van der Waals surface area contributed by atoms with Crippen LogP contribution in [0.4, 0.5) is 11.6 Å². The number of aromatic nitrogens is 2. The molecule has 1 amide bonds. The van der Waals surface area contributed by atoms with Crippen molar-refractivity contribution < 1.29 is 9.53 Å². The lowest BCUT2D eigenvalue weighted by Crippen LogP contribution is -2.36. The molecule has 1 saturated heterocycles. The second kappa shape index (κ2) is 7.66. The average Bonchev–Trinajstić information content (AvgIpc) is 2.55. The van der Waals surface area contributed by atoms with Crippen LogP contribution < -0.4 is 15.4 Å². The van der Waals surface area contributed by atoms with Crippen LogP contribution in [0.3, 0.4) is 0 Å². The highest BCUT2D eigenvalue weighted by Gasteiger charge is 2.16. The van der Waals surface area contributed by atoms with E-state index in [9.17, 15) is 4.79 Å². The Balaban J connectivity index is 1.87. The Morgan fingerprint density at radius 2 is 2.00 bits per heavy atom. The molecule has 0 atom stereocenters. The van der Waals surface area contributed by atoms with Gasteiger partial charge in [-0.25, -0.2) is 9.97 Å². The molecule has 1 aliphatic rings. The van der Waals surface area contributed by atoms with E-state index in [1.807, 2.05) is 4.90 Å². The molecule has 0 aliphatic carbocycles. The van der Waals surface area contributed by atoms with E-state index in [0.29, 0.717) is 30.4 Å². The topological polar surface area (TPSA) is 79.4 Å². The third-order valence-corrected chi connectivity index (χ3v) is 3.58. The van der Waals surface area contributed by atoms with E-state index in [2.05, 4.69) is 20.6 Å². The van der Waals surface area contributed by atoms with Gasteiger partial charge in [0.1, 0.15) is 6.33 Å². The van der Waals surface area contributed by atoms with Crippen LogP contribution in [0, 0.1) is 0 Å². The highest BCUT2D eigenvalue weighted by Crippen LogP contribution is 2.28. The zero-order chi connectivity index (χ0) is 15.1. The van der Waals surface area contributed by atoms with Gasteiger partial charge in [-0.05, 0) is 19.3 Å². The number of methoxy groups -OCH3 is 1. The number of nitrogens with one attached hydrogen (secondary N) is 2. The first kappa shape index (κ1) is 15.3. The van der Waals surface area contributed by atoms with Crippen LogP contribution in [-0.2, 0) is 4.79 Å². The van der Waals surface area contributed by atoms with Crippen LogP contribution in [0.2, 0.25) is 0 Å². The first-order chi connectivity index (χ1) is 10.3. The monoisotopic (exact) mass is 293 g/mol. The molecule has 2 N–H and O–H groups in total. The van der Waals surface area contributed by atoms with Crippen LogP contribution in [-0.4, -0.2) is 54.6 Å². The van der Waals surface area contributed by atoms with E-state index in [1.54, 1.807) is 14.2 Å². The molecule has 1 aromatic heterocycles. The average molecular weight is 293 g/mol. The number of hydrogen-bond donors (Lipinski definition) is 2. The quantitative estimate of drug-likeness (QED) is 0.824. The lowest BCUT2D eigenvalue weighted by Gasteiger charge is -2.26. The summed E-state index contributed by atoms with van der Waals surface area (Å²) in [7, 11) is 3.35. The van der Waals surface area contributed by atoms with Crippen molar-refractivity contribution in [2.45, 2.75) is 25.7 Å². The van der Waals surface area contributed by atoms with Crippen LogP contribution >= 0.6 is 0 Å². The van der Waals surface area contributed by atoms with Crippen molar-refractivity contribution in [1.29, 1.82) is 0 Å². The van der Waals surface area contributed by atoms with Gasteiger partial charge in [0.05, 0.1) is 7.11 Å². The van der Waals surface area contributed by atoms with Crippen molar-refractivity contribution in [3.05, 3.63) is 6.33 Å². The molecule has 0 unspecified atom stereocenters. The zero-order valence-electron chi connectivity index (χ0n) is 12.7. The van der Waals surface area contributed by atoms with Gasteiger partial charge in [0.25, 0.3) is 0 Å². The Bertz CT molecular complexity index is 474. The fourth-order valence-corrected chi connectivity index (χ4v) is 2.46. The molecule has 0 spiro atoms. The Kier molecular flexibility index (Phi) is 5.59. The summed E-state index contributed by atoms with van der Waals surface area (Å²) in [5, 5.41) is 6.09. The van der Waals surface area contributed by atoms with E-state index < -0.39 is 0 Å². The number of carbonyl (C=O) groups excluding carboxylic acids is 1. The van der Waals surface area contributed by atoms with Gasteiger partial charge in [-0.2, -0.15) is 0 Å². The molecule has 1 aromatic rings. The van der Waals surface area contributed by atoms with Gasteiger partial charge in [0.2, 0.25) is 11.7 Å². The maximum Gasteiger partial charge on any atom is 0.224 e. The van der Waals surface area contributed by atoms with Crippen molar-refractivity contribution in [3.8, 4) is 5.75 Å². The number of anilines is 2. The first-order valence-electron chi connectivity index (χ1n) is 7.34. The first-order valence-corrected chi connectivity index (χ1v) is 7.34. The number of nitrogens with zero attached hydrogens (tertiary/aromatic N) is 3.